The summed E-state index contributed by atoms with van der Waals surface area (Å²) in [6.07, 6.45) is 5.37. The molecule has 3 amide bonds. The Morgan fingerprint density at radius 2 is 2.18 bits per heavy atom. The van der Waals surface area contributed by atoms with Crippen molar-refractivity contribution < 1.29 is 19.8 Å². The van der Waals surface area contributed by atoms with Gasteiger partial charge in [-0.2, -0.15) is 11.8 Å². The molecule has 182 valence electrons. The third-order valence-corrected chi connectivity index (χ3v) is 8.93. The number of aromatic nitrogens is 3. The number of amides is 3. The topological polar surface area (TPSA) is 145 Å². The summed E-state index contributed by atoms with van der Waals surface area (Å²) in [6, 6.07) is 0.489. The fourth-order valence-corrected chi connectivity index (χ4v) is 7.12. The molecule has 5 rings (SSSR count). The highest BCUT2D eigenvalue weighted by Gasteiger charge is 2.44. The Bertz CT molecular complexity index is 869. The highest BCUT2D eigenvalue weighted by Crippen LogP contribution is 2.34. The van der Waals surface area contributed by atoms with Crippen molar-refractivity contribution in [1.82, 2.24) is 35.8 Å². The van der Waals surface area contributed by atoms with Gasteiger partial charge in [-0.05, 0) is 25.7 Å². The first-order valence-corrected chi connectivity index (χ1v) is 13.0. The van der Waals surface area contributed by atoms with Crippen LogP contribution in [0.1, 0.15) is 50.3 Å². The predicted molar refractivity (Wildman–Crippen MR) is 121 cm³/mol. The summed E-state index contributed by atoms with van der Waals surface area (Å²) in [4.78, 5) is 25.8. The smallest absolute Gasteiger partial charge is 0.315 e. The van der Waals surface area contributed by atoms with E-state index in [0.29, 0.717) is 24.8 Å². The van der Waals surface area contributed by atoms with Crippen molar-refractivity contribution in [3.63, 3.8) is 0 Å². The van der Waals surface area contributed by atoms with E-state index in [-0.39, 0.29) is 36.1 Å². The zero-order chi connectivity index (χ0) is 22.9. The molecule has 0 aromatic carbocycles. The number of nitrogens with zero attached hydrogens (tertiary/aromatic N) is 4. The van der Waals surface area contributed by atoms with Crippen molar-refractivity contribution in [3.8, 4) is 0 Å². The summed E-state index contributed by atoms with van der Waals surface area (Å²) in [5.74, 6) is 0.964. The molecule has 5 heterocycles. The Balaban J connectivity index is 1.00. The van der Waals surface area contributed by atoms with E-state index in [9.17, 15) is 19.8 Å². The monoisotopic (exact) mass is 479 g/mol. The molecule has 0 unspecified atom stereocenters. The maximum absolute atomic E-state index is 12.2. The number of rotatable bonds is 8. The van der Waals surface area contributed by atoms with Crippen molar-refractivity contribution in [2.75, 3.05) is 18.8 Å². The molecular weight excluding hydrogens is 446 g/mol. The van der Waals surface area contributed by atoms with Crippen LogP contribution in [0.4, 0.5) is 4.79 Å². The van der Waals surface area contributed by atoms with Gasteiger partial charge >= 0.3 is 6.03 Å². The molecule has 12 heteroatoms. The van der Waals surface area contributed by atoms with Gasteiger partial charge in [-0.25, -0.2) is 9.48 Å². The third-order valence-electron chi connectivity index (χ3n) is 7.42. The lowest BCUT2D eigenvalue weighted by Gasteiger charge is -2.35. The van der Waals surface area contributed by atoms with Gasteiger partial charge in [-0.1, -0.05) is 11.6 Å². The molecule has 0 bridgehead atoms. The normalized spacial score (nSPS) is 35.7. The van der Waals surface area contributed by atoms with Crippen LogP contribution in [0.5, 0.6) is 0 Å². The predicted octanol–water partition coefficient (Wildman–Crippen LogP) is -0.639. The Labute approximate surface area is 197 Å². The first kappa shape index (κ1) is 22.9. The van der Waals surface area contributed by atoms with Gasteiger partial charge in [0.15, 0.2) is 0 Å². The van der Waals surface area contributed by atoms with E-state index in [1.165, 1.54) is 0 Å². The lowest BCUT2D eigenvalue weighted by molar-refractivity contribution is -0.121. The van der Waals surface area contributed by atoms with Gasteiger partial charge in [0.2, 0.25) is 5.91 Å². The fourth-order valence-electron chi connectivity index (χ4n) is 5.58. The first-order valence-electron chi connectivity index (χ1n) is 11.9. The van der Waals surface area contributed by atoms with Gasteiger partial charge in [-0.3, -0.25) is 9.69 Å². The highest BCUT2D eigenvalue weighted by atomic mass is 32.2. The van der Waals surface area contributed by atoms with Gasteiger partial charge in [0, 0.05) is 36.6 Å². The maximum Gasteiger partial charge on any atom is 0.315 e. The minimum absolute atomic E-state index is 0.00807. The van der Waals surface area contributed by atoms with Gasteiger partial charge in [0.25, 0.3) is 0 Å². The summed E-state index contributed by atoms with van der Waals surface area (Å²) in [5, 5.41) is 37.9. The van der Waals surface area contributed by atoms with Crippen LogP contribution in [0, 0.1) is 0 Å². The Kier molecular flexibility index (Phi) is 6.77. The van der Waals surface area contributed by atoms with Crippen LogP contribution < -0.4 is 16.0 Å². The van der Waals surface area contributed by atoms with Crippen molar-refractivity contribution in [3.05, 3.63) is 11.9 Å². The number of piperidine rings is 1. The third kappa shape index (κ3) is 4.98. The second-order valence-electron chi connectivity index (χ2n) is 9.63. The number of urea groups is 1. The Morgan fingerprint density at radius 1 is 1.30 bits per heavy atom. The SMILES string of the molecule is O=C(CCCC[C@@H]1SC[C@@H]2NC(=O)N[C@@H]21)NCc1cn([C@H]2CCN3C[C@H](O)[C@@H](O)[C@@H]3C2)nn1. The highest BCUT2D eigenvalue weighted by molar-refractivity contribution is 8.00. The molecule has 4 saturated heterocycles. The van der Waals surface area contributed by atoms with Crippen LogP contribution in [0.3, 0.4) is 0 Å². The van der Waals surface area contributed by atoms with Gasteiger partial charge in [-0.15, -0.1) is 5.10 Å². The van der Waals surface area contributed by atoms with Crippen LogP contribution in [0.25, 0.3) is 0 Å². The molecule has 0 aliphatic carbocycles. The molecule has 11 nitrogen and oxygen atoms in total. The summed E-state index contributed by atoms with van der Waals surface area (Å²) in [7, 11) is 0. The number of carbonyl (C=O) groups excluding carboxylic acids is 2. The molecule has 1 aromatic rings. The molecule has 1 aromatic heterocycles. The van der Waals surface area contributed by atoms with Crippen LogP contribution in [0.15, 0.2) is 6.20 Å². The summed E-state index contributed by atoms with van der Waals surface area (Å²) >= 11 is 1.90. The van der Waals surface area contributed by atoms with Crippen LogP contribution in [0.2, 0.25) is 0 Å². The van der Waals surface area contributed by atoms with E-state index in [2.05, 4.69) is 31.2 Å². The number of hydrogen-bond donors (Lipinski definition) is 5. The van der Waals surface area contributed by atoms with Crippen molar-refractivity contribution in [1.29, 1.82) is 0 Å². The average molecular weight is 480 g/mol. The molecular formula is C21H33N7O4S. The standard InChI is InChI=1S/C21H33N7O4S/c29-16-10-27-6-5-13(7-15(27)20(16)31)28-9-12(25-26-28)8-22-18(30)4-2-1-3-17-19-14(11-33-17)23-21(32)24-19/h9,13-17,19-20,29,31H,1-8,10-11H2,(H,22,30)(H2,23,24,32)/t13-,14-,15-,16-,17-,19-,20-/m0/s1. The number of hydrogen-bond acceptors (Lipinski definition) is 8. The lowest BCUT2D eigenvalue weighted by atomic mass is 9.96. The van der Waals surface area contributed by atoms with Crippen molar-refractivity contribution >= 4 is 23.7 Å². The molecule has 4 aliphatic rings. The zero-order valence-electron chi connectivity index (χ0n) is 18.6. The molecule has 33 heavy (non-hydrogen) atoms. The van der Waals surface area contributed by atoms with E-state index >= 15 is 0 Å². The van der Waals surface area contributed by atoms with Gasteiger partial charge in [0.1, 0.15) is 5.69 Å². The fraction of sp³-hybridized carbons (Fsp3) is 0.810. The number of carbonyl (C=O) groups is 2. The van der Waals surface area contributed by atoms with Crippen LogP contribution >= 0.6 is 11.8 Å². The van der Waals surface area contributed by atoms with Crippen molar-refractivity contribution in [2.45, 2.75) is 86.7 Å². The first-order chi connectivity index (χ1) is 16.0. The van der Waals surface area contributed by atoms with E-state index in [0.717, 1.165) is 50.1 Å². The minimum atomic E-state index is -0.711. The Hall–Kier alpha value is -1.89. The molecule has 0 radical (unpaired) electrons. The molecule has 0 saturated carbocycles. The number of thioether (sulfide) groups is 1. The number of fused-ring (bicyclic) bond motifs is 2. The average Bonchev–Trinajstić information content (AvgIpc) is 3.56. The molecule has 4 fully saturated rings. The molecule has 7 atom stereocenters. The lowest BCUT2D eigenvalue weighted by Crippen LogP contribution is -2.43. The number of nitrogens with one attached hydrogen (secondary N) is 3. The maximum atomic E-state index is 12.2. The second-order valence-corrected chi connectivity index (χ2v) is 10.9. The van der Waals surface area contributed by atoms with Gasteiger partial charge in [0.05, 0.1) is 43.1 Å². The zero-order valence-corrected chi connectivity index (χ0v) is 19.4. The van der Waals surface area contributed by atoms with Crippen LogP contribution in [-0.2, 0) is 11.3 Å². The second kappa shape index (κ2) is 9.77. The summed E-state index contributed by atoms with van der Waals surface area (Å²) in [6.45, 7) is 1.70. The van der Waals surface area contributed by atoms with Crippen LogP contribution in [-0.4, -0.2) is 96.5 Å². The van der Waals surface area contributed by atoms with Crippen molar-refractivity contribution in [2.24, 2.45) is 0 Å². The van der Waals surface area contributed by atoms with E-state index in [4.69, 9.17) is 0 Å². The van der Waals surface area contributed by atoms with E-state index in [1.807, 2.05) is 22.6 Å². The summed E-state index contributed by atoms with van der Waals surface area (Å²) in [5.41, 5.74) is 0.718. The molecule has 4 aliphatic heterocycles. The largest absolute Gasteiger partial charge is 0.389 e. The van der Waals surface area contributed by atoms with E-state index < -0.39 is 12.2 Å². The van der Waals surface area contributed by atoms with E-state index in [1.54, 1.807) is 0 Å². The number of aliphatic hydroxyl groups excluding tert-OH is 2. The number of unbranched alkanes of at least 4 members (excludes halogenated alkanes) is 1. The quantitative estimate of drug-likeness (QED) is 0.245. The van der Waals surface area contributed by atoms with Gasteiger partial charge < -0.3 is 26.2 Å². The minimum Gasteiger partial charge on any atom is -0.389 e. The number of aliphatic hydroxyl groups is 2. The molecule has 0 spiro atoms. The molecule has 5 N–H and O–H groups in total. The summed E-state index contributed by atoms with van der Waals surface area (Å²) < 4.78 is 1.83. The Morgan fingerprint density at radius 3 is 3.06 bits per heavy atom.